The van der Waals surface area contributed by atoms with E-state index in [9.17, 15) is 9.59 Å². The quantitative estimate of drug-likeness (QED) is 0.758. The van der Waals surface area contributed by atoms with Gasteiger partial charge in [-0.1, -0.05) is 30.3 Å². The first-order valence-corrected chi connectivity index (χ1v) is 9.24. The Hall–Kier alpha value is -2.86. The molecule has 0 saturated carbocycles. The summed E-state index contributed by atoms with van der Waals surface area (Å²) in [6, 6.07) is 15.6. The molecule has 0 heterocycles. The average Bonchev–Trinajstić information content (AvgIpc) is 2.66. The van der Waals surface area contributed by atoms with Crippen LogP contribution < -0.4 is 10.2 Å². The summed E-state index contributed by atoms with van der Waals surface area (Å²) in [5.41, 5.74) is 3.71. The zero-order valence-corrected chi connectivity index (χ0v) is 17.2. The topological polar surface area (TPSA) is 61.9 Å². The Morgan fingerprint density at radius 1 is 1.11 bits per heavy atom. The van der Waals surface area contributed by atoms with E-state index in [1.165, 1.54) is 7.11 Å². The number of carbonyl (C=O) groups is 2. The molecule has 1 atom stereocenters. The van der Waals surface area contributed by atoms with E-state index >= 15 is 0 Å². The Balaban J connectivity index is 2.33. The predicted molar refractivity (Wildman–Crippen MR) is 112 cm³/mol. The van der Waals surface area contributed by atoms with Crippen molar-refractivity contribution in [2.24, 2.45) is 0 Å². The van der Waals surface area contributed by atoms with Crippen LogP contribution in [-0.2, 0) is 20.9 Å². The molecular weight excluding hydrogens is 354 g/mol. The third kappa shape index (κ3) is 5.57. The van der Waals surface area contributed by atoms with Crippen molar-refractivity contribution in [1.82, 2.24) is 4.90 Å². The lowest BCUT2D eigenvalue weighted by Crippen LogP contribution is -2.31. The molecule has 0 aliphatic carbocycles. The van der Waals surface area contributed by atoms with Crippen LogP contribution in [0.15, 0.2) is 48.5 Å². The van der Waals surface area contributed by atoms with Gasteiger partial charge in [0.1, 0.15) is 6.61 Å². The largest absolute Gasteiger partial charge is 0.377 e. The van der Waals surface area contributed by atoms with E-state index in [1.54, 1.807) is 6.92 Å². The number of rotatable bonds is 8. The Morgan fingerprint density at radius 3 is 2.36 bits per heavy atom. The first-order valence-electron chi connectivity index (χ1n) is 9.24. The van der Waals surface area contributed by atoms with Gasteiger partial charge in [0.2, 0.25) is 11.8 Å². The summed E-state index contributed by atoms with van der Waals surface area (Å²) in [7, 11) is 5.40. The molecule has 0 bridgehead atoms. The Kier molecular flexibility index (Phi) is 7.58. The summed E-state index contributed by atoms with van der Waals surface area (Å²) in [6.45, 7) is 4.04. The lowest BCUT2D eigenvalue weighted by molar-refractivity contribution is -0.131. The molecule has 2 aromatic carbocycles. The minimum Gasteiger partial charge on any atom is -0.377 e. The average molecular weight is 383 g/mol. The van der Waals surface area contributed by atoms with E-state index in [-0.39, 0.29) is 24.5 Å². The molecular formula is C22H29N3O3. The normalized spacial score (nSPS) is 11.6. The van der Waals surface area contributed by atoms with Gasteiger partial charge in [-0.2, -0.15) is 0 Å². The van der Waals surface area contributed by atoms with Crippen LogP contribution >= 0.6 is 0 Å². The van der Waals surface area contributed by atoms with Gasteiger partial charge in [0.25, 0.3) is 0 Å². The number of benzene rings is 2. The molecule has 6 nitrogen and oxygen atoms in total. The fourth-order valence-corrected chi connectivity index (χ4v) is 3.17. The molecule has 2 amide bonds. The molecule has 0 radical (unpaired) electrons. The Morgan fingerprint density at radius 2 is 1.79 bits per heavy atom. The van der Waals surface area contributed by atoms with Gasteiger partial charge in [-0.25, -0.2) is 0 Å². The number of carbonyl (C=O) groups excluding carboxylic acids is 2. The van der Waals surface area contributed by atoms with E-state index < -0.39 is 0 Å². The van der Waals surface area contributed by atoms with Gasteiger partial charge in [-0.05, 0) is 36.2 Å². The zero-order valence-electron chi connectivity index (χ0n) is 17.2. The highest BCUT2D eigenvalue weighted by Gasteiger charge is 2.21. The van der Waals surface area contributed by atoms with Crippen molar-refractivity contribution >= 4 is 23.2 Å². The van der Waals surface area contributed by atoms with Crippen LogP contribution in [0.4, 0.5) is 11.4 Å². The van der Waals surface area contributed by atoms with Gasteiger partial charge in [0, 0.05) is 46.0 Å². The summed E-state index contributed by atoms with van der Waals surface area (Å²) >= 11 is 0. The smallest absolute Gasteiger partial charge is 0.250 e. The van der Waals surface area contributed by atoms with Crippen LogP contribution in [0.3, 0.4) is 0 Å². The van der Waals surface area contributed by atoms with Crippen molar-refractivity contribution in [3.8, 4) is 0 Å². The molecule has 0 unspecified atom stereocenters. The number of nitrogens with zero attached hydrogens (tertiary/aromatic N) is 2. The number of nitrogens with one attached hydrogen (secondary N) is 1. The second-order valence-corrected chi connectivity index (χ2v) is 6.95. The number of ether oxygens (including phenoxy) is 1. The van der Waals surface area contributed by atoms with Gasteiger partial charge in [-0.3, -0.25) is 9.59 Å². The van der Waals surface area contributed by atoms with Crippen molar-refractivity contribution in [3.05, 3.63) is 59.7 Å². The maximum Gasteiger partial charge on any atom is 0.250 e. The van der Waals surface area contributed by atoms with Gasteiger partial charge in [0.15, 0.2) is 0 Å². The van der Waals surface area contributed by atoms with Gasteiger partial charge >= 0.3 is 0 Å². The molecule has 0 spiro atoms. The van der Waals surface area contributed by atoms with Crippen molar-refractivity contribution in [3.63, 3.8) is 0 Å². The molecule has 6 heteroatoms. The number of amides is 2. The second-order valence-electron chi connectivity index (χ2n) is 6.95. The second kappa shape index (κ2) is 9.90. The number of methoxy groups -OCH3 is 1. The van der Waals surface area contributed by atoms with E-state index in [0.717, 1.165) is 16.8 Å². The maximum absolute atomic E-state index is 12.4. The zero-order chi connectivity index (χ0) is 20.7. The number of anilines is 2. The molecule has 0 aliphatic rings. The highest BCUT2D eigenvalue weighted by atomic mass is 16.5. The highest BCUT2D eigenvalue weighted by Crippen LogP contribution is 2.28. The van der Waals surface area contributed by atoms with E-state index in [1.807, 2.05) is 79.3 Å². The van der Waals surface area contributed by atoms with Crippen LogP contribution in [0.5, 0.6) is 0 Å². The van der Waals surface area contributed by atoms with Crippen LogP contribution in [0, 0.1) is 0 Å². The van der Waals surface area contributed by atoms with Crippen LogP contribution in [-0.4, -0.2) is 44.5 Å². The number of hydrogen-bond donors (Lipinski definition) is 1. The van der Waals surface area contributed by atoms with Crippen LogP contribution in [0.25, 0.3) is 0 Å². The minimum absolute atomic E-state index is 0.00459. The fraction of sp³-hybridized carbons (Fsp3) is 0.364. The van der Waals surface area contributed by atoms with Crippen molar-refractivity contribution < 1.29 is 14.3 Å². The molecule has 1 N–H and O–H groups in total. The van der Waals surface area contributed by atoms with Crippen LogP contribution in [0.2, 0.25) is 0 Å². The van der Waals surface area contributed by atoms with E-state index in [0.29, 0.717) is 12.2 Å². The molecule has 28 heavy (non-hydrogen) atoms. The molecule has 0 aliphatic heterocycles. The van der Waals surface area contributed by atoms with E-state index in [2.05, 4.69) is 5.32 Å². The monoisotopic (exact) mass is 383 g/mol. The third-order valence-corrected chi connectivity index (χ3v) is 4.62. The highest BCUT2D eigenvalue weighted by molar-refractivity contribution is 5.92. The lowest BCUT2D eigenvalue weighted by Gasteiger charge is -2.30. The molecule has 2 aromatic rings. The summed E-state index contributed by atoms with van der Waals surface area (Å²) in [5.74, 6) is -0.220. The SMILES string of the molecule is COCC(=O)Nc1ccc(N(C)C)c(CN(C(C)=O)[C@H](C)c2ccccc2)c1. The van der Waals surface area contributed by atoms with Gasteiger partial charge in [0.05, 0.1) is 6.04 Å². The third-order valence-electron chi connectivity index (χ3n) is 4.62. The predicted octanol–water partition coefficient (Wildman–Crippen LogP) is 3.45. The van der Waals surface area contributed by atoms with Gasteiger partial charge in [-0.15, -0.1) is 0 Å². The first-order chi connectivity index (χ1) is 13.3. The molecule has 2 rings (SSSR count). The maximum atomic E-state index is 12.4. The standard InChI is InChI=1S/C22H29N3O3/c1-16(18-9-7-6-8-10-18)25(17(2)26)14-19-13-20(23-22(27)15-28-5)11-12-21(19)24(3)4/h6-13,16H,14-15H2,1-5H3,(H,23,27)/t16-/m1/s1. The molecule has 0 saturated heterocycles. The Labute approximate surface area is 167 Å². The summed E-state index contributed by atoms with van der Waals surface area (Å²) < 4.78 is 4.87. The van der Waals surface area contributed by atoms with Crippen molar-refractivity contribution in [1.29, 1.82) is 0 Å². The van der Waals surface area contributed by atoms with Gasteiger partial charge < -0.3 is 19.9 Å². The first kappa shape index (κ1) is 21.4. The Bertz CT molecular complexity index is 806. The molecule has 150 valence electrons. The lowest BCUT2D eigenvalue weighted by atomic mass is 10.0. The molecule has 0 aromatic heterocycles. The van der Waals surface area contributed by atoms with Crippen molar-refractivity contribution in [2.45, 2.75) is 26.4 Å². The molecule has 0 fully saturated rings. The van der Waals surface area contributed by atoms with Crippen molar-refractivity contribution in [2.75, 3.05) is 38.0 Å². The fourth-order valence-electron chi connectivity index (χ4n) is 3.17. The minimum atomic E-state index is -0.216. The number of hydrogen-bond acceptors (Lipinski definition) is 4. The summed E-state index contributed by atoms with van der Waals surface area (Å²) in [6.07, 6.45) is 0. The summed E-state index contributed by atoms with van der Waals surface area (Å²) in [5, 5.41) is 2.83. The van der Waals surface area contributed by atoms with Crippen LogP contribution in [0.1, 0.15) is 31.0 Å². The summed E-state index contributed by atoms with van der Waals surface area (Å²) in [4.78, 5) is 28.1. The van der Waals surface area contributed by atoms with E-state index in [4.69, 9.17) is 4.74 Å².